The molecule has 20 heavy (non-hydrogen) atoms. The van der Waals surface area contributed by atoms with Gasteiger partial charge in [-0.15, -0.1) is 0 Å². The summed E-state index contributed by atoms with van der Waals surface area (Å²) in [5.74, 6) is -0.827. The van der Waals surface area contributed by atoms with Crippen molar-refractivity contribution >= 4 is 16.0 Å². The van der Waals surface area contributed by atoms with Gasteiger partial charge < -0.3 is 5.11 Å². The van der Waals surface area contributed by atoms with Crippen LogP contribution in [-0.2, 0) is 14.8 Å². The normalized spacial score (nSPS) is 24.4. The summed E-state index contributed by atoms with van der Waals surface area (Å²) >= 11 is 0. The molecule has 0 aromatic carbocycles. The fraction of sp³-hybridized carbons (Fsp3) is 0.538. The third kappa shape index (κ3) is 2.83. The molecule has 110 valence electrons. The molecular formula is C13H18N2O4S. The van der Waals surface area contributed by atoms with E-state index >= 15 is 0 Å². The smallest absolute Gasteiger partial charge is 0.322 e. The standard InChI is InChI=1S/C13H18N2O4S/c1-2-10-5-7-15(12(8-10)13(16)17)20(18,19)11-4-3-6-14-9-11/h3-4,6,9-10,12H,2,5,7-8H2,1H3,(H,16,17). The number of nitrogens with zero attached hydrogens (tertiary/aromatic N) is 2. The predicted octanol–water partition coefficient (Wildman–Crippen LogP) is 1.35. The van der Waals surface area contributed by atoms with Crippen LogP contribution in [0.5, 0.6) is 0 Å². The van der Waals surface area contributed by atoms with Gasteiger partial charge >= 0.3 is 5.97 Å². The van der Waals surface area contributed by atoms with Gasteiger partial charge in [0.25, 0.3) is 0 Å². The Morgan fingerprint density at radius 2 is 2.30 bits per heavy atom. The summed E-state index contributed by atoms with van der Waals surface area (Å²) in [7, 11) is -3.80. The zero-order chi connectivity index (χ0) is 14.8. The first-order valence-corrected chi connectivity index (χ1v) is 8.05. The summed E-state index contributed by atoms with van der Waals surface area (Å²) in [6.07, 6.45) is 4.66. The Bertz CT molecular complexity index is 573. The van der Waals surface area contributed by atoms with E-state index in [4.69, 9.17) is 0 Å². The van der Waals surface area contributed by atoms with E-state index in [-0.39, 0.29) is 17.4 Å². The van der Waals surface area contributed by atoms with E-state index in [1.807, 2.05) is 6.92 Å². The van der Waals surface area contributed by atoms with E-state index < -0.39 is 22.0 Å². The van der Waals surface area contributed by atoms with Crippen molar-refractivity contribution in [3.05, 3.63) is 24.5 Å². The molecule has 1 saturated heterocycles. The molecule has 2 rings (SSSR count). The summed E-state index contributed by atoms with van der Waals surface area (Å²) < 4.78 is 26.1. The lowest BCUT2D eigenvalue weighted by Gasteiger charge is -2.35. The molecule has 0 saturated carbocycles. The number of aromatic nitrogens is 1. The minimum absolute atomic E-state index is 0.0428. The summed E-state index contributed by atoms with van der Waals surface area (Å²) in [5, 5.41) is 9.31. The van der Waals surface area contributed by atoms with Gasteiger partial charge in [0.2, 0.25) is 10.0 Å². The molecule has 0 aliphatic carbocycles. The molecule has 1 aliphatic heterocycles. The highest BCUT2D eigenvalue weighted by atomic mass is 32.2. The van der Waals surface area contributed by atoms with Crippen molar-refractivity contribution in [3.63, 3.8) is 0 Å². The number of sulfonamides is 1. The van der Waals surface area contributed by atoms with E-state index in [9.17, 15) is 18.3 Å². The maximum absolute atomic E-state index is 12.5. The van der Waals surface area contributed by atoms with Crippen LogP contribution in [0.4, 0.5) is 0 Å². The number of hydrogen-bond acceptors (Lipinski definition) is 4. The summed E-state index contributed by atoms with van der Waals surface area (Å²) in [5.41, 5.74) is 0. The molecule has 1 fully saturated rings. The SMILES string of the molecule is CCC1CCN(S(=O)(=O)c2cccnc2)C(C(=O)O)C1. The molecule has 2 atom stereocenters. The van der Waals surface area contributed by atoms with Crippen molar-refractivity contribution in [2.75, 3.05) is 6.54 Å². The first-order valence-electron chi connectivity index (χ1n) is 6.61. The fourth-order valence-corrected chi connectivity index (χ4v) is 4.11. The van der Waals surface area contributed by atoms with E-state index in [2.05, 4.69) is 4.98 Å². The summed E-state index contributed by atoms with van der Waals surface area (Å²) in [6, 6.07) is 1.98. The second-order valence-corrected chi connectivity index (χ2v) is 6.85. The minimum atomic E-state index is -3.80. The highest BCUT2D eigenvalue weighted by Crippen LogP contribution is 2.30. The van der Waals surface area contributed by atoms with Crippen molar-refractivity contribution in [2.24, 2.45) is 5.92 Å². The third-order valence-corrected chi connectivity index (χ3v) is 5.66. The average molecular weight is 298 g/mol. The van der Waals surface area contributed by atoms with Crippen molar-refractivity contribution in [1.29, 1.82) is 0 Å². The molecule has 0 spiro atoms. The van der Waals surface area contributed by atoms with Crippen molar-refractivity contribution in [1.82, 2.24) is 9.29 Å². The average Bonchev–Trinajstić information content (AvgIpc) is 2.47. The van der Waals surface area contributed by atoms with Crippen LogP contribution in [0.25, 0.3) is 0 Å². The predicted molar refractivity (Wildman–Crippen MR) is 72.6 cm³/mol. The highest BCUT2D eigenvalue weighted by Gasteiger charge is 2.40. The lowest BCUT2D eigenvalue weighted by Crippen LogP contribution is -2.49. The van der Waals surface area contributed by atoms with Crippen LogP contribution < -0.4 is 0 Å². The van der Waals surface area contributed by atoms with Crippen molar-refractivity contribution < 1.29 is 18.3 Å². The zero-order valence-electron chi connectivity index (χ0n) is 11.3. The maximum Gasteiger partial charge on any atom is 0.322 e. The quantitative estimate of drug-likeness (QED) is 0.906. The Labute approximate surface area is 118 Å². The number of carbonyl (C=O) groups is 1. The molecule has 0 bridgehead atoms. The molecule has 1 aliphatic rings. The Kier molecular flexibility index (Phi) is 4.39. The molecular weight excluding hydrogens is 280 g/mol. The number of piperidine rings is 1. The number of aliphatic carboxylic acids is 1. The molecule has 1 N–H and O–H groups in total. The van der Waals surface area contributed by atoms with Crippen LogP contribution in [0.2, 0.25) is 0 Å². The Hall–Kier alpha value is -1.47. The van der Waals surface area contributed by atoms with E-state index in [1.54, 1.807) is 0 Å². The van der Waals surface area contributed by atoms with Gasteiger partial charge in [0.05, 0.1) is 0 Å². The molecule has 1 aromatic rings. The number of carboxylic acid groups (broad SMARTS) is 1. The van der Waals surface area contributed by atoms with Crippen molar-refractivity contribution in [2.45, 2.75) is 37.1 Å². The molecule has 7 heteroatoms. The molecule has 0 amide bonds. The van der Waals surface area contributed by atoms with Crippen molar-refractivity contribution in [3.8, 4) is 0 Å². The van der Waals surface area contributed by atoms with Gasteiger partial charge in [0.1, 0.15) is 10.9 Å². The number of pyridine rings is 1. The lowest BCUT2D eigenvalue weighted by molar-refractivity contribution is -0.143. The molecule has 1 aromatic heterocycles. The molecule has 6 nitrogen and oxygen atoms in total. The van der Waals surface area contributed by atoms with Gasteiger partial charge in [-0.2, -0.15) is 4.31 Å². The highest BCUT2D eigenvalue weighted by molar-refractivity contribution is 7.89. The maximum atomic E-state index is 12.5. The molecule has 2 unspecified atom stereocenters. The monoisotopic (exact) mass is 298 g/mol. The number of rotatable bonds is 4. The first kappa shape index (κ1) is 14.9. The second kappa shape index (κ2) is 5.88. The number of carboxylic acids is 1. The summed E-state index contributed by atoms with van der Waals surface area (Å²) in [6.45, 7) is 2.24. The van der Waals surface area contributed by atoms with Gasteiger partial charge in [0, 0.05) is 18.9 Å². The lowest BCUT2D eigenvalue weighted by atomic mass is 9.90. The minimum Gasteiger partial charge on any atom is -0.480 e. The van der Waals surface area contributed by atoms with E-state index in [0.29, 0.717) is 12.8 Å². The fourth-order valence-electron chi connectivity index (χ4n) is 2.53. The van der Waals surface area contributed by atoms with Crippen LogP contribution in [0, 0.1) is 5.92 Å². The Balaban J connectivity index is 2.33. The molecule has 0 radical (unpaired) electrons. The van der Waals surface area contributed by atoms with E-state index in [1.165, 1.54) is 24.5 Å². The van der Waals surface area contributed by atoms with Gasteiger partial charge in [-0.05, 0) is 30.9 Å². The largest absolute Gasteiger partial charge is 0.480 e. The second-order valence-electron chi connectivity index (χ2n) is 4.96. The van der Waals surface area contributed by atoms with Crippen LogP contribution in [-0.4, -0.2) is 41.4 Å². The van der Waals surface area contributed by atoms with Crippen LogP contribution in [0.1, 0.15) is 26.2 Å². The van der Waals surface area contributed by atoms with Gasteiger partial charge in [-0.25, -0.2) is 8.42 Å². The van der Waals surface area contributed by atoms with Crippen LogP contribution >= 0.6 is 0 Å². The van der Waals surface area contributed by atoms with Crippen LogP contribution in [0.15, 0.2) is 29.4 Å². The van der Waals surface area contributed by atoms with Gasteiger partial charge in [-0.3, -0.25) is 9.78 Å². The van der Waals surface area contributed by atoms with Gasteiger partial charge in [-0.1, -0.05) is 13.3 Å². The van der Waals surface area contributed by atoms with E-state index in [0.717, 1.165) is 10.7 Å². The zero-order valence-corrected chi connectivity index (χ0v) is 12.1. The first-order chi connectivity index (χ1) is 9.46. The van der Waals surface area contributed by atoms with Crippen LogP contribution in [0.3, 0.4) is 0 Å². The topological polar surface area (TPSA) is 87.6 Å². The Morgan fingerprint density at radius 3 is 2.85 bits per heavy atom. The molecule has 2 heterocycles. The van der Waals surface area contributed by atoms with Gasteiger partial charge in [0.15, 0.2) is 0 Å². The number of hydrogen-bond donors (Lipinski definition) is 1. The Morgan fingerprint density at radius 1 is 1.55 bits per heavy atom. The summed E-state index contributed by atoms with van der Waals surface area (Å²) in [4.78, 5) is 15.2. The third-order valence-electron chi connectivity index (χ3n) is 3.77.